The van der Waals surface area contributed by atoms with Gasteiger partial charge in [-0.2, -0.15) is 0 Å². The van der Waals surface area contributed by atoms with Crippen LogP contribution in [0.4, 0.5) is 0 Å². The van der Waals surface area contributed by atoms with Crippen molar-refractivity contribution in [3.05, 3.63) is 0 Å². The number of hydrogen-bond donors (Lipinski definition) is 3. The monoisotopic (exact) mass is 462 g/mol. The number of nitrogens with zero attached hydrogens (tertiary/aromatic N) is 1. The van der Waals surface area contributed by atoms with Gasteiger partial charge in [0, 0.05) is 12.6 Å². The van der Waals surface area contributed by atoms with Gasteiger partial charge in [-0.3, -0.25) is 19.2 Å². The second-order valence-electron chi connectivity index (χ2n) is 10.6. The Morgan fingerprint density at radius 2 is 1.58 bits per heavy atom. The molecule has 3 rings (SSSR count). The Hall–Kier alpha value is -1.96. The first-order valence-electron chi connectivity index (χ1n) is 13.0. The number of Topliss-reactive ketones (excluding diaryl/α,β-unsaturated/α-hetero) is 1. The van der Waals surface area contributed by atoms with Crippen molar-refractivity contribution in [1.82, 2.24) is 15.5 Å². The van der Waals surface area contributed by atoms with Gasteiger partial charge in [-0.25, -0.2) is 0 Å². The van der Waals surface area contributed by atoms with Gasteiger partial charge in [-0.15, -0.1) is 0 Å². The summed E-state index contributed by atoms with van der Waals surface area (Å²) in [5, 5.41) is 5.60. The summed E-state index contributed by atoms with van der Waals surface area (Å²) in [5.74, 6) is -1.19. The van der Waals surface area contributed by atoms with E-state index in [9.17, 15) is 19.2 Å². The molecule has 8 heteroatoms. The molecule has 0 bridgehead atoms. The second kappa shape index (κ2) is 12.0. The van der Waals surface area contributed by atoms with Gasteiger partial charge in [0.1, 0.15) is 6.04 Å². The molecule has 0 aromatic carbocycles. The molecule has 3 fully saturated rings. The van der Waals surface area contributed by atoms with Crippen LogP contribution >= 0.6 is 0 Å². The van der Waals surface area contributed by atoms with Gasteiger partial charge in [0.05, 0.1) is 12.1 Å². The topological polar surface area (TPSA) is 122 Å². The number of nitrogens with one attached hydrogen (secondary N) is 2. The maximum Gasteiger partial charge on any atom is 0.289 e. The minimum absolute atomic E-state index is 0.0829. The lowest BCUT2D eigenvalue weighted by atomic mass is 9.93. The van der Waals surface area contributed by atoms with Crippen LogP contribution in [0.3, 0.4) is 0 Å². The lowest BCUT2D eigenvalue weighted by molar-refractivity contribution is -0.142. The average molecular weight is 463 g/mol. The minimum Gasteiger partial charge on any atom is -0.347 e. The summed E-state index contributed by atoms with van der Waals surface area (Å²) >= 11 is 0. The summed E-state index contributed by atoms with van der Waals surface area (Å²) in [4.78, 5) is 53.5. The zero-order valence-electron chi connectivity index (χ0n) is 20.3. The SMILES string of the molecule is CC(C)C1C[C@H]2C(=O)N[C@H](C(=O)C(=O)NC3CC3)CCCCCCCCC[C@H](N)C(=O)N2C1. The van der Waals surface area contributed by atoms with Gasteiger partial charge in [0.15, 0.2) is 0 Å². The maximum absolute atomic E-state index is 13.4. The predicted octanol–water partition coefficient (Wildman–Crippen LogP) is 2.04. The number of rotatable bonds is 4. The van der Waals surface area contributed by atoms with Gasteiger partial charge in [-0.05, 0) is 43.9 Å². The maximum atomic E-state index is 13.4. The van der Waals surface area contributed by atoms with Gasteiger partial charge in [-0.1, -0.05) is 58.8 Å². The third kappa shape index (κ3) is 7.26. The van der Waals surface area contributed by atoms with Crippen LogP contribution in [-0.4, -0.2) is 59.1 Å². The molecule has 186 valence electrons. The number of carbonyl (C=O) groups is 4. The molecule has 1 aliphatic carbocycles. The molecule has 0 aromatic rings. The van der Waals surface area contributed by atoms with Crippen LogP contribution in [0.2, 0.25) is 0 Å². The third-order valence-corrected chi connectivity index (χ3v) is 7.46. The molecule has 2 saturated heterocycles. The van der Waals surface area contributed by atoms with Crippen molar-refractivity contribution in [3.63, 3.8) is 0 Å². The zero-order valence-corrected chi connectivity index (χ0v) is 20.3. The predicted molar refractivity (Wildman–Crippen MR) is 126 cm³/mol. The second-order valence-corrected chi connectivity index (χ2v) is 10.6. The Balaban J connectivity index is 1.76. The lowest BCUT2D eigenvalue weighted by Gasteiger charge is -2.28. The van der Waals surface area contributed by atoms with E-state index in [0.717, 1.165) is 57.8 Å². The summed E-state index contributed by atoms with van der Waals surface area (Å²) in [5.41, 5.74) is 6.24. The van der Waals surface area contributed by atoms with E-state index in [4.69, 9.17) is 5.73 Å². The van der Waals surface area contributed by atoms with Crippen molar-refractivity contribution >= 4 is 23.5 Å². The van der Waals surface area contributed by atoms with Crippen LogP contribution in [-0.2, 0) is 19.2 Å². The average Bonchev–Trinajstić information content (AvgIpc) is 3.47. The van der Waals surface area contributed by atoms with Crippen molar-refractivity contribution in [1.29, 1.82) is 0 Å². The Kier molecular flexibility index (Phi) is 9.29. The fourth-order valence-electron chi connectivity index (χ4n) is 4.96. The first-order chi connectivity index (χ1) is 15.8. The van der Waals surface area contributed by atoms with E-state index in [0.29, 0.717) is 31.7 Å². The van der Waals surface area contributed by atoms with Crippen molar-refractivity contribution in [2.45, 2.75) is 115 Å². The highest BCUT2D eigenvalue weighted by Crippen LogP contribution is 2.30. The van der Waals surface area contributed by atoms with Gasteiger partial charge in [0.2, 0.25) is 17.6 Å². The standard InChI is InChI=1S/C25H42N4O4/c1-16(2)17-14-21-23(31)28-20(22(30)24(32)27-18-12-13-18)11-9-7-5-3-4-6-8-10-19(26)25(33)29(21)15-17/h16-21H,3-15,26H2,1-2H3,(H,27,32)(H,28,31)/t17?,19-,20-,21-/m0/s1. The molecule has 8 nitrogen and oxygen atoms in total. The van der Waals surface area contributed by atoms with E-state index in [1.807, 2.05) is 0 Å². The summed E-state index contributed by atoms with van der Waals surface area (Å²) < 4.78 is 0. The van der Waals surface area contributed by atoms with Crippen LogP contribution in [0.5, 0.6) is 0 Å². The molecule has 33 heavy (non-hydrogen) atoms. The first-order valence-corrected chi connectivity index (χ1v) is 13.0. The van der Waals surface area contributed by atoms with E-state index in [2.05, 4.69) is 24.5 Å². The normalized spacial score (nSPS) is 30.6. The molecule has 1 saturated carbocycles. The van der Waals surface area contributed by atoms with Gasteiger partial charge < -0.3 is 21.3 Å². The van der Waals surface area contributed by atoms with Crippen molar-refractivity contribution in [2.75, 3.05) is 6.54 Å². The number of fused-ring (bicyclic) bond motifs is 1. The first kappa shape index (κ1) is 25.7. The summed E-state index contributed by atoms with van der Waals surface area (Å²) in [6.07, 6.45) is 10.4. The van der Waals surface area contributed by atoms with Crippen LogP contribution in [0.15, 0.2) is 0 Å². The summed E-state index contributed by atoms with van der Waals surface area (Å²) in [6, 6.07) is -2.03. The van der Waals surface area contributed by atoms with E-state index < -0.39 is 29.8 Å². The fraction of sp³-hybridized carbons (Fsp3) is 0.840. The smallest absolute Gasteiger partial charge is 0.289 e. The van der Waals surface area contributed by atoms with Crippen molar-refractivity contribution in [2.24, 2.45) is 17.6 Å². The van der Waals surface area contributed by atoms with E-state index in [1.54, 1.807) is 4.90 Å². The summed E-state index contributed by atoms with van der Waals surface area (Å²) in [6.45, 7) is 4.69. The number of hydrogen-bond acceptors (Lipinski definition) is 5. The molecule has 0 radical (unpaired) electrons. The molecule has 4 N–H and O–H groups in total. The lowest BCUT2D eigenvalue weighted by Crippen LogP contribution is -2.55. The highest BCUT2D eigenvalue weighted by Gasteiger charge is 2.43. The molecule has 0 aromatic heterocycles. The largest absolute Gasteiger partial charge is 0.347 e. The number of ketones is 1. The number of carbonyl (C=O) groups excluding carboxylic acids is 4. The Labute approximate surface area is 197 Å². The fourth-order valence-corrected chi connectivity index (χ4v) is 4.96. The molecular weight excluding hydrogens is 420 g/mol. The summed E-state index contributed by atoms with van der Waals surface area (Å²) in [7, 11) is 0. The highest BCUT2D eigenvalue weighted by molar-refractivity contribution is 6.38. The van der Waals surface area contributed by atoms with Crippen LogP contribution in [0.25, 0.3) is 0 Å². The van der Waals surface area contributed by atoms with E-state index >= 15 is 0 Å². The molecule has 2 aliphatic heterocycles. The molecule has 2 heterocycles. The molecule has 4 atom stereocenters. The molecule has 3 amide bonds. The van der Waals surface area contributed by atoms with E-state index in [1.165, 1.54) is 0 Å². The minimum atomic E-state index is -0.854. The zero-order chi connectivity index (χ0) is 24.0. The Morgan fingerprint density at radius 3 is 2.18 bits per heavy atom. The van der Waals surface area contributed by atoms with Crippen LogP contribution < -0.4 is 16.4 Å². The van der Waals surface area contributed by atoms with Crippen LogP contribution in [0, 0.1) is 11.8 Å². The Bertz CT molecular complexity index is 721. The molecular formula is C25H42N4O4. The van der Waals surface area contributed by atoms with Crippen molar-refractivity contribution < 1.29 is 19.2 Å². The molecule has 3 aliphatic rings. The van der Waals surface area contributed by atoms with E-state index in [-0.39, 0.29) is 23.8 Å². The highest BCUT2D eigenvalue weighted by atomic mass is 16.2. The Morgan fingerprint density at radius 1 is 0.970 bits per heavy atom. The number of amides is 3. The van der Waals surface area contributed by atoms with Crippen molar-refractivity contribution in [3.8, 4) is 0 Å². The van der Waals surface area contributed by atoms with Gasteiger partial charge >= 0.3 is 0 Å². The quantitative estimate of drug-likeness (QED) is 0.552. The molecule has 0 spiro atoms. The van der Waals surface area contributed by atoms with Crippen LogP contribution in [0.1, 0.15) is 90.9 Å². The molecule has 1 unspecified atom stereocenters. The van der Waals surface area contributed by atoms with Gasteiger partial charge in [0.25, 0.3) is 5.91 Å². The number of nitrogens with two attached hydrogens (primary N) is 1. The third-order valence-electron chi connectivity index (χ3n) is 7.46.